The first kappa shape index (κ1) is 23.5. The molecule has 0 saturated carbocycles. The number of methoxy groups -OCH3 is 1. The molecule has 1 N–H and O–H groups in total. The lowest BCUT2D eigenvalue weighted by Gasteiger charge is -2.27. The van der Waals surface area contributed by atoms with Gasteiger partial charge in [0.15, 0.2) is 0 Å². The minimum absolute atomic E-state index is 0.0286. The number of benzene rings is 2. The average Bonchev–Trinajstić information content (AvgIpc) is 3.22. The number of anilines is 1. The standard InChI is InChI=1S/C25H29N3O3S/c1-20-13-14-23(32-20)18-28(17-21-9-5-3-6-10-21)24(29)19-27(15-16-31-2)25(30)26-22-11-7-4-8-12-22/h3-14H,15-19H2,1-2H3,(H,26,30). The summed E-state index contributed by atoms with van der Waals surface area (Å²) in [5, 5.41) is 2.86. The fraction of sp³-hybridized carbons (Fsp3) is 0.280. The van der Waals surface area contributed by atoms with Gasteiger partial charge >= 0.3 is 6.03 Å². The largest absolute Gasteiger partial charge is 0.383 e. The van der Waals surface area contributed by atoms with Gasteiger partial charge in [-0.05, 0) is 36.8 Å². The summed E-state index contributed by atoms with van der Waals surface area (Å²) in [7, 11) is 1.58. The van der Waals surface area contributed by atoms with Gasteiger partial charge in [0, 0.05) is 35.6 Å². The van der Waals surface area contributed by atoms with E-state index in [9.17, 15) is 9.59 Å². The summed E-state index contributed by atoms with van der Waals surface area (Å²) < 4.78 is 5.16. The van der Waals surface area contributed by atoms with Gasteiger partial charge in [-0.3, -0.25) is 4.79 Å². The van der Waals surface area contributed by atoms with Crippen LogP contribution < -0.4 is 5.32 Å². The minimum Gasteiger partial charge on any atom is -0.383 e. The first-order valence-electron chi connectivity index (χ1n) is 10.5. The molecule has 0 aliphatic heterocycles. The molecule has 3 rings (SSSR count). The second-order valence-electron chi connectivity index (χ2n) is 7.46. The number of hydrogen-bond acceptors (Lipinski definition) is 4. The molecule has 7 heteroatoms. The number of carbonyl (C=O) groups excluding carboxylic acids is 2. The first-order valence-corrected chi connectivity index (χ1v) is 11.3. The number of ether oxygens (including phenoxy) is 1. The van der Waals surface area contributed by atoms with Crippen LogP contribution in [0.15, 0.2) is 72.8 Å². The molecule has 3 amide bonds. The third kappa shape index (κ3) is 7.21. The highest BCUT2D eigenvalue weighted by molar-refractivity contribution is 7.11. The summed E-state index contributed by atoms with van der Waals surface area (Å²) in [5.74, 6) is -0.112. The molecular formula is C25H29N3O3S. The Bertz CT molecular complexity index is 992. The predicted molar refractivity (Wildman–Crippen MR) is 129 cm³/mol. The van der Waals surface area contributed by atoms with Gasteiger partial charge in [-0.2, -0.15) is 0 Å². The van der Waals surface area contributed by atoms with E-state index in [4.69, 9.17) is 4.74 Å². The molecule has 2 aromatic carbocycles. The number of carbonyl (C=O) groups is 2. The van der Waals surface area contributed by atoms with Crippen LogP contribution in [-0.2, 0) is 22.6 Å². The van der Waals surface area contributed by atoms with Crippen molar-refractivity contribution in [2.75, 3.05) is 32.1 Å². The van der Waals surface area contributed by atoms with Crippen LogP contribution in [0.5, 0.6) is 0 Å². The zero-order valence-electron chi connectivity index (χ0n) is 18.5. The number of aryl methyl sites for hydroxylation is 1. The third-order valence-corrected chi connectivity index (χ3v) is 5.90. The van der Waals surface area contributed by atoms with Crippen molar-refractivity contribution in [2.24, 2.45) is 0 Å². The Labute approximate surface area is 193 Å². The summed E-state index contributed by atoms with van der Waals surface area (Å²) in [5.41, 5.74) is 1.73. The van der Waals surface area contributed by atoms with Crippen LogP contribution in [0.25, 0.3) is 0 Å². The number of hydrogen-bond donors (Lipinski definition) is 1. The predicted octanol–water partition coefficient (Wildman–Crippen LogP) is 4.77. The van der Waals surface area contributed by atoms with Gasteiger partial charge in [-0.15, -0.1) is 11.3 Å². The molecule has 0 radical (unpaired) electrons. The molecule has 168 valence electrons. The summed E-state index contributed by atoms with van der Waals surface area (Å²) in [6.07, 6.45) is 0. The maximum atomic E-state index is 13.4. The Morgan fingerprint density at radius 3 is 2.22 bits per heavy atom. The molecule has 6 nitrogen and oxygen atoms in total. The van der Waals surface area contributed by atoms with Gasteiger partial charge in [-0.25, -0.2) is 4.79 Å². The van der Waals surface area contributed by atoms with Crippen LogP contribution in [-0.4, -0.2) is 48.5 Å². The van der Waals surface area contributed by atoms with Crippen molar-refractivity contribution in [1.82, 2.24) is 9.80 Å². The molecular weight excluding hydrogens is 422 g/mol. The number of urea groups is 1. The van der Waals surface area contributed by atoms with Crippen molar-refractivity contribution >= 4 is 29.0 Å². The molecule has 0 aliphatic rings. The summed E-state index contributed by atoms with van der Waals surface area (Å²) >= 11 is 1.68. The molecule has 0 aliphatic carbocycles. The van der Waals surface area contributed by atoms with E-state index in [-0.39, 0.29) is 18.5 Å². The molecule has 0 bridgehead atoms. The fourth-order valence-electron chi connectivity index (χ4n) is 3.24. The summed E-state index contributed by atoms with van der Waals surface area (Å²) in [6.45, 7) is 3.67. The number of para-hydroxylation sites is 1. The molecule has 32 heavy (non-hydrogen) atoms. The number of rotatable bonds is 10. The highest BCUT2D eigenvalue weighted by atomic mass is 32.1. The normalized spacial score (nSPS) is 10.6. The van der Waals surface area contributed by atoms with Crippen molar-refractivity contribution in [3.05, 3.63) is 88.1 Å². The quantitative estimate of drug-likeness (QED) is 0.483. The minimum atomic E-state index is -0.326. The zero-order valence-corrected chi connectivity index (χ0v) is 19.3. The van der Waals surface area contributed by atoms with Gasteiger partial charge in [0.1, 0.15) is 6.54 Å². The van der Waals surface area contributed by atoms with Gasteiger partial charge in [0.2, 0.25) is 5.91 Å². The lowest BCUT2D eigenvalue weighted by atomic mass is 10.2. The molecule has 0 saturated heterocycles. The molecule has 1 heterocycles. The van der Waals surface area contributed by atoms with E-state index in [2.05, 4.69) is 24.4 Å². The van der Waals surface area contributed by atoms with Crippen molar-refractivity contribution in [2.45, 2.75) is 20.0 Å². The van der Waals surface area contributed by atoms with Gasteiger partial charge < -0.3 is 19.9 Å². The highest BCUT2D eigenvalue weighted by Crippen LogP contribution is 2.19. The van der Waals surface area contributed by atoms with E-state index in [1.54, 1.807) is 23.3 Å². The van der Waals surface area contributed by atoms with Gasteiger partial charge in [0.25, 0.3) is 0 Å². The smallest absolute Gasteiger partial charge is 0.322 e. The third-order valence-electron chi connectivity index (χ3n) is 4.92. The summed E-state index contributed by atoms with van der Waals surface area (Å²) in [4.78, 5) is 31.9. The van der Waals surface area contributed by atoms with Crippen molar-refractivity contribution in [1.29, 1.82) is 0 Å². The molecule has 0 fully saturated rings. The van der Waals surface area contributed by atoms with E-state index in [0.717, 1.165) is 10.4 Å². The maximum Gasteiger partial charge on any atom is 0.322 e. The number of amides is 3. The van der Waals surface area contributed by atoms with Crippen LogP contribution in [0.3, 0.4) is 0 Å². The Morgan fingerprint density at radius 1 is 0.906 bits per heavy atom. The highest BCUT2D eigenvalue weighted by Gasteiger charge is 2.22. The zero-order chi connectivity index (χ0) is 22.8. The molecule has 0 atom stereocenters. The number of nitrogens with zero attached hydrogens (tertiary/aromatic N) is 2. The molecule has 0 spiro atoms. The van der Waals surface area contributed by atoms with Gasteiger partial charge in [0.05, 0.1) is 13.2 Å². The average molecular weight is 452 g/mol. The van der Waals surface area contributed by atoms with Crippen molar-refractivity contribution in [3.8, 4) is 0 Å². The Kier molecular flexibility index (Phi) is 8.83. The SMILES string of the molecule is COCCN(CC(=O)N(Cc1ccccc1)Cc1ccc(C)s1)C(=O)Nc1ccccc1. The van der Waals surface area contributed by atoms with E-state index in [1.165, 1.54) is 9.78 Å². The molecule has 3 aromatic rings. The first-order chi connectivity index (χ1) is 15.5. The van der Waals surface area contributed by atoms with Crippen LogP contribution >= 0.6 is 11.3 Å². The fourth-order valence-corrected chi connectivity index (χ4v) is 4.14. The Balaban J connectivity index is 1.74. The topological polar surface area (TPSA) is 61.9 Å². The molecule has 0 unspecified atom stereocenters. The van der Waals surface area contributed by atoms with Crippen LogP contribution in [0.1, 0.15) is 15.3 Å². The monoisotopic (exact) mass is 451 g/mol. The van der Waals surface area contributed by atoms with Crippen molar-refractivity contribution in [3.63, 3.8) is 0 Å². The second-order valence-corrected chi connectivity index (χ2v) is 8.83. The van der Waals surface area contributed by atoms with Crippen molar-refractivity contribution < 1.29 is 14.3 Å². The van der Waals surface area contributed by atoms with Crippen LogP contribution in [0, 0.1) is 6.92 Å². The number of thiophene rings is 1. The van der Waals surface area contributed by atoms with E-state index in [1.807, 2.05) is 60.7 Å². The van der Waals surface area contributed by atoms with Crippen LogP contribution in [0.2, 0.25) is 0 Å². The lowest BCUT2D eigenvalue weighted by molar-refractivity contribution is -0.133. The number of nitrogens with one attached hydrogen (secondary N) is 1. The maximum absolute atomic E-state index is 13.4. The van der Waals surface area contributed by atoms with E-state index < -0.39 is 0 Å². The summed E-state index contributed by atoms with van der Waals surface area (Å²) in [6, 6.07) is 22.9. The molecule has 1 aromatic heterocycles. The Hall–Kier alpha value is -3.16. The van der Waals surface area contributed by atoms with Gasteiger partial charge in [-0.1, -0.05) is 48.5 Å². The second kappa shape index (κ2) is 12.0. The van der Waals surface area contributed by atoms with Crippen LogP contribution in [0.4, 0.5) is 10.5 Å². The van der Waals surface area contributed by atoms with E-state index in [0.29, 0.717) is 31.9 Å². The van der Waals surface area contributed by atoms with E-state index >= 15 is 0 Å². The lowest BCUT2D eigenvalue weighted by Crippen LogP contribution is -2.45. The Morgan fingerprint density at radius 2 is 1.59 bits per heavy atom.